The van der Waals surface area contributed by atoms with Gasteiger partial charge in [0.2, 0.25) is 5.91 Å². The molecule has 0 aromatic heterocycles. The van der Waals surface area contributed by atoms with E-state index >= 15 is 0 Å². The molecule has 3 fully saturated rings. The molecule has 2 saturated heterocycles. The van der Waals surface area contributed by atoms with Crippen LogP contribution in [0.5, 0.6) is 0 Å². The highest BCUT2D eigenvalue weighted by Gasteiger charge is 2.39. The molecule has 5 heteroatoms. The fraction of sp³-hybridized carbons (Fsp3) is 0.933. The molecule has 2 aliphatic heterocycles. The zero-order valence-corrected chi connectivity index (χ0v) is 13.2. The second-order valence-electron chi connectivity index (χ2n) is 6.43. The molecule has 3 aliphatic rings. The number of carbonyl (C=O) groups excluding carboxylic acids is 1. The van der Waals surface area contributed by atoms with E-state index in [1.165, 1.54) is 25.7 Å². The number of hydrogen-bond acceptors (Lipinski definition) is 3. The van der Waals surface area contributed by atoms with Crippen LogP contribution in [0.15, 0.2) is 0 Å². The van der Waals surface area contributed by atoms with Crippen molar-refractivity contribution in [2.45, 2.75) is 63.6 Å². The topological polar surface area (TPSA) is 41.6 Å². The molecule has 0 radical (unpaired) electrons. The lowest BCUT2D eigenvalue weighted by Crippen LogP contribution is -2.47. The maximum absolute atomic E-state index is 12.6. The molecule has 4 atom stereocenters. The maximum Gasteiger partial charge on any atom is 0.239 e. The van der Waals surface area contributed by atoms with E-state index < -0.39 is 0 Å². The lowest BCUT2D eigenvalue weighted by molar-refractivity contribution is -0.133. The van der Waals surface area contributed by atoms with Crippen LogP contribution in [0, 0.1) is 5.92 Å². The fourth-order valence-electron chi connectivity index (χ4n) is 3.93. The Hall–Kier alpha value is -0.320. The Morgan fingerprint density at radius 1 is 1.25 bits per heavy atom. The predicted octanol–water partition coefficient (Wildman–Crippen LogP) is 1.97. The number of nitrogens with one attached hydrogen (secondary N) is 1. The van der Waals surface area contributed by atoms with Crippen molar-refractivity contribution in [3.8, 4) is 0 Å². The molecule has 4 nitrogen and oxygen atoms in total. The summed E-state index contributed by atoms with van der Waals surface area (Å²) in [5.41, 5.74) is 0. The summed E-state index contributed by atoms with van der Waals surface area (Å²) in [7, 11) is 0. The number of halogens is 1. The molecule has 3 rings (SSSR count). The number of carbonyl (C=O) groups is 1. The largest absolute Gasteiger partial charge is 0.377 e. The molecule has 1 saturated carbocycles. The van der Waals surface area contributed by atoms with Crippen molar-refractivity contribution in [2.24, 2.45) is 5.92 Å². The summed E-state index contributed by atoms with van der Waals surface area (Å²) in [6.45, 7) is 4.46. The first-order valence-corrected chi connectivity index (χ1v) is 7.90. The zero-order valence-electron chi connectivity index (χ0n) is 12.3. The molecule has 2 heterocycles. The van der Waals surface area contributed by atoms with Gasteiger partial charge in [0.1, 0.15) is 0 Å². The van der Waals surface area contributed by atoms with Gasteiger partial charge in [-0.3, -0.25) is 4.79 Å². The molecule has 0 aromatic carbocycles. The van der Waals surface area contributed by atoms with Crippen LogP contribution >= 0.6 is 12.4 Å². The van der Waals surface area contributed by atoms with Gasteiger partial charge in [-0.1, -0.05) is 12.8 Å². The van der Waals surface area contributed by atoms with E-state index in [0.717, 1.165) is 38.5 Å². The van der Waals surface area contributed by atoms with Gasteiger partial charge in [0.25, 0.3) is 0 Å². The van der Waals surface area contributed by atoms with Crippen LogP contribution in [-0.4, -0.2) is 48.7 Å². The normalized spacial score (nSPS) is 37.8. The van der Waals surface area contributed by atoms with Crippen molar-refractivity contribution in [3.05, 3.63) is 0 Å². The van der Waals surface area contributed by atoms with E-state index in [0.29, 0.717) is 11.9 Å². The van der Waals surface area contributed by atoms with Gasteiger partial charge in [-0.2, -0.15) is 0 Å². The lowest BCUT2D eigenvalue weighted by atomic mass is 9.85. The second kappa shape index (κ2) is 7.10. The molecule has 0 bridgehead atoms. The van der Waals surface area contributed by atoms with Gasteiger partial charge < -0.3 is 15.0 Å². The molecule has 116 valence electrons. The molecular weight excluding hydrogens is 276 g/mol. The average Bonchev–Trinajstić information content (AvgIpc) is 2.73. The Balaban J connectivity index is 0.00000147. The number of amides is 1. The number of hydrogen-bond donors (Lipinski definition) is 1. The van der Waals surface area contributed by atoms with Crippen molar-refractivity contribution >= 4 is 18.3 Å². The minimum atomic E-state index is 0. The third-order valence-corrected chi connectivity index (χ3v) is 4.92. The van der Waals surface area contributed by atoms with Crippen molar-refractivity contribution in [1.29, 1.82) is 0 Å². The number of rotatable bonds is 1. The van der Waals surface area contributed by atoms with Crippen LogP contribution in [0.4, 0.5) is 0 Å². The predicted molar refractivity (Wildman–Crippen MR) is 81.1 cm³/mol. The molecule has 1 N–H and O–H groups in total. The first-order valence-electron chi connectivity index (χ1n) is 7.90. The summed E-state index contributed by atoms with van der Waals surface area (Å²) in [4.78, 5) is 14.7. The number of fused-ring (bicyclic) bond motifs is 1. The summed E-state index contributed by atoms with van der Waals surface area (Å²) in [6, 6.07) is 0.668. The van der Waals surface area contributed by atoms with Crippen molar-refractivity contribution in [2.75, 3.05) is 19.7 Å². The SMILES string of the molecule is CC1CN(C(=O)C2CC3CCCCC3N2)CCCO1.Cl. The van der Waals surface area contributed by atoms with Gasteiger partial charge in [-0.15, -0.1) is 12.4 Å². The van der Waals surface area contributed by atoms with Crippen LogP contribution in [0.2, 0.25) is 0 Å². The molecule has 0 aromatic rings. The molecular formula is C15H27ClN2O2. The second-order valence-corrected chi connectivity index (χ2v) is 6.43. The van der Waals surface area contributed by atoms with Gasteiger partial charge in [0.15, 0.2) is 0 Å². The zero-order chi connectivity index (χ0) is 13.2. The molecule has 4 unspecified atom stereocenters. The Morgan fingerprint density at radius 3 is 2.85 bits per heavy atom. The van der Waals surface area contributed by atoms with E-state index in [9.17, 15) is 4.79 Å². The van der Waals surface area contributed by atoms with E-state index in [2.05, 4.69) is 12.2 Å². The minimum absolute atomic E-state index is 0. The monoisotopic (exact) mass is 302 g/mol. The van der Waals surface area contributed by atoms with Gasteiger partial charge >= 0.3 is 0 Å². The highest BCUT2D eigenvalue weighted by Crippen LogP contribution is 2.33. The van der Waals surface area contributed by atoms with Gasteiger partial charge in [-0.05, 0) is 38.5 Å². The summed E-state index contributed by atoms with van der Waals surface area (Å²) < 4.78 is 5.63. The quantitative estimate of drug-likeness (QED) is 0.805. The summed E-state index contributed by atoms with van der Waals surface area (Å²) in [5, 5.41) is 3.59. The first kappa shape index (κ1) is 16.1. The van der Waals surface area contributed by atoms with Crippen LogP contribution in [0.3, 0.4) is 0 Å². The van der Waals surface area contributed by atoms with Crippen LogP contribution in [0.1, 0.15) is 45.4 Å². The summed E-state index contributed by atoms with van der Waals surface area (Å²) in [6.07, 6.45) is 7.43. The third-order valence-electron chi connectivity index (χ3n) is 4.92. The Morgan fingerprint density at radius 2 is 2.05 bits per heavy atom. The van der Waals surface area contributed by atoms with Gasteiger partial charge in [0, 0.05) is 25.7 Å². The highest BCUT2D eigenvalue weighted by atomic mass is 35.5. The smallest absolute Gasteiger partial charge is 0.239 e. The first-order chi connectivity index (χ1) is 9.24. The van der Waals surface area contributed by atoms with Gasteiger partial charge in [0.05, 0.1) is 12.1 Å². The molecule has 1 aliphatic carbocycles. The molecule has 0 spiro atoms. The third kappa shape index (κ3) is 3.46. The highest BCUT2D eigenvalue weighted by molar-refractivity contribution is 5.85. The van der Waals surface area contributed by atoms with Crippen molar-refractivity contribution < 1.29 is 9.53 Å². The number of nitrogens with zero attached hydrogens (tertiary/aromatic N) is 1. The van der Waals surface area contributed by atoms with E-state index in [-0.39, 0.29) is 24.6 Å². The van der Waals surface area contributed by atoms with Crippen LogP contribution in [-0.2, 0) is 9.53 Å². The van der Waals surface area contributed by atoms with Crippen molar-refractivity contribution in [3.63, 3.8) is 0 Å². The maximum atomic E-state index is 12.6. The van der Waals surface area contributed by atoms with Gasteiger partial charge in [-0.25, -0.2) is 0 Å². The standard InChI is InChI=1S/C15H26N2O2.ClH/c1-11-10-17(7-4-8-19-11)15(18)14-9-12-5-2-3-6-13(12)16-14;/h11-14,16H,2-10H2,1H3;1H. The number of ether oxygens (including phenoxy) is 1. The Kier molecular flexibility index (Phi) is 5.70. The fourth-order valence-corrected chi connectivity index (χ4v) is 3.93. The molecule has 1 amide bonds. The molecule has 20 heavy (non-hydrogen) atoms. The van der Waals surface area contributed by atoms with E-state index in [1.54, 1.807) is 0 Å². The lowest BCUT2D eigenvalue weighted by Gasteiger charge is -2.26. The van der Waals surface area contributed by atoms with Crippen LogP contribution in [0.25, 0.3) is 0 Å². The Bertz CT molecular complexity index is 326. The minimum Gasteiger partial charge on any atom is -0.377 e. The Labute approximate surface area is 128 Å². The average molecular weight is 303 g/mol. The van der Waals surface area contributed by atoms with Crippen molar-refractivity contribution in [1.82, 2.24) is 10.2 Å². The summed E-state index contributed by atoms with van der Waals surface area (Å²) >= 11 is 0. The van der Waals surface area contributed by atoms with E-state index in [4.69, 9.17) is 4.74 Å². The van der Waals surface area contributed by atoms with Crippen LogP contribution < -0.4 is 5.32 Å². The summed E-state index contributed by atoms with van der Waals surface area (Å²) in [5.74, 6) is 1.05. The van der Waals surface area contributed by atoms with E-state index in [1.807, 2.05) is 4.90 Å².